The third-order valence-corrected chi connectivity index (χ3v) is 3.76. The lowest BCUT2D eigenvalue weighted by Gasteiger charge is -2.06. The Labute approximate surface area is 128 Å². The summed E-state index contributed by atoms with van der Waals surface area (Å²) < 4.78 is 13.7. The van der Waals surface area contributed by atoms with Gasteiger partial charge in [-0.3, -0.25) is 4.79 Å². The van der Waals surface area contributed by atoms with Crippen LogP contribution in [0.3, 0.4) is 0 Å². The van der Waals surface area contributed by atoms with Gasteiger partial charge in [-0.25, -0.2) is 4.39 Å². The summed E-state index contributed by atoms with van der Waals surface area (Å²) in [5, 5.41) is 0.610. The third-order valence-electron chi connectivity index (χ3n) is 2.60. The lowest BCUT2D eigenvalue weighted by Crippen LogP contribution is -2.05. The second-order valence-electron chi connectivity index (χ2n) is 3.96. The van der Waals surface area contributed by atoms with Crippen molar-refractivity contribution in [3.05, 3.63) is 67.9 Å². The van der Waals surface area contributed by atoms with Crippen molar-refractivity contribution in [2.45, 2.75) is 6.42 Å². The zero-order valence-electron chi connectivity index (χ0n) is 9.59. The molecule has 0 aliphatic heterocycles. The van der Waals surface area contributed by atoms with E-state index in [1.165, 1.54) is 18.2 Å². The number of hydrogen-bond acceptors (Lipinski definition) is 1. The molecule has 0 fully saturated rings. The minimum atomic E-state index is -0.428. The first-order valence-corrected chi connectivity index (χ1v) is 6.94. The van der Waals surface area contributed by atoms with E-state index in [2.05, 4.69) is 15.9 Å². The summed E-state index contributed by atoms with van der Waals surface area (Å²) in [5.41, 5.74) is 0.998. The standard InChI is InChI=1S/C14H8BrCl2FO/c15-9-2-4-11(13(17)6-9)14(19)5-8-1-3-10(18)7-12(8)16/h1-4,6-7H,5H2. The van der Waals surface area contributed by atoms with Crippen LogP contribution in [0.15, 0.2) is 40.9 Å². The van der Waals surface area contributed by atoms with E-state index >= 15 is 0 Å². The average Bonchev–Trinajstić information content (AvgIpc) is 2.32. The highest BCUT2D eigenvalue weighted by Crippen LogP contribution is 2.24. The number of carbonyl (C=O) groups excluding carboxylic acids is 1. The Balaban J connectivity index is 2.25. The molecule has 0 spiro atoms. The monoisotopic (exact) mass is 360 g/mol. The van der Waals surface area contributed by atoms with E-state index in [1.54, 1.807) is 18.2 Å². The first-order valence-electron chi connectivity index (χ1n) is 5.39. The fraction of sp³-hybridized carbons (Fsp3) is 0.0714. The molecule has 0 saturated carbocycles. The molecule has 0 radical (unpaired) electrons. The molecule has 2 aromatic carbocycles. The van der Waals surface area contributed by atoms with Crippen LogP contribution in [0.2, 0.25) is 10.0 Å². The lowest BCUT2D eigenvalue weighted by molar-refractivity contribution is 0.0993. The normalized spacial score (nSPS) is 10.5. The summed E-state index contributed by atoms with van der Waals surface area (Å²) in [4.78, 5) is 12.1. The van der Waals surface area contributed by atoms with Crippen LogP contribution in [0.25, 0.3) is 0 Å². The number of ketones is 1. The fourth-order valence-corrected chi connectivity index (χ4v) is 2.66. The molecule has 1 nitrogen and oxygen atoms in total. The molecule has 0 aliphatic carbocycles. The molecule has 0 N–H and O–H groups in total. The van der Waals surface area contributed by atoms with E-state index in [4.69, 9.17) is 23.2 Å². The van der Waals surface area contributed by atoms with Gasteiger partial charge in [0.15, 0.2) is 5.78 Å². The molecule has 0 aromatic heterocycles. The van der Waals surface area contributed by atoms with Crippen LogP contribution in [0.4, 0.5) is 4.39 Å². The number of Topliss-reactive ketones (excluding diaryl/α,β-unsaturated/α-hetero) is 1. The van der Waals surface area contributed by atoms with E-state index < -0.39 is 5.82 Å². The SMILES string of the molecule is O=C(Cc1ccc(F)cc1Cl)c1ccc(Br)cc1Cl. The molecular weight excluding hydrogens is 354 g/mol. The highest BCUT2D eigenvalue weighted by molar-refractivity contribution is 9.10. The molecule has 0 bridgehead atoms. The molecule has 5 heteroatoms. The minimum Gasteiger partial charge on any atom is -0.294 e. The third kappa shape index (κ3) is 3.56. The van der Waals surface area contributed by atoms with Gasteiger partial charge in [0.05, 0.1) is 5.02 Å². The van der Waals surface area contributed by atoms with Crippen LogP contribution < -0.4 is 0 Å². The maximum absolute atomic E-state index is 12.9. The summed E-state index contributed by atoms with van der Waals surface area (Å²) in [6.45, 7) is 0. The van der Waals surface area contributed by atoms with Gasteiger partial charge in [0, 0.05) is 21.5 Å². The molecule has 0 aliphatic rings. The molecule has 0 unspecified atom stereocenters. The van der Waals surface area contributed by atoms with Gasteiger partial charge in [0.2, 0.25) is 0 Å². The van der Waals surface area contributed by atoms with Crippen LogP contribution in [-0.2, 0) is 6.42 Å². The Morgan fingerprint density at radius 2 is 1.84 bits per heavy atom. The summed E-state index contributed by atoms with van der Waals surface area (Å²) in [6, 6.07) is 9.01. The Bertz CT molecular complexity index is 643. The van der Waals surface area contributed by atoms with Crippen LogP contribution >= 0.6 is 39.1 Å². The molecule has 0 saturated heterocycles. The predicted molar refractivity (Wildman–Crippen MR) is 78.6 cm³/mol. The van der Waals surface area contributed by atoms with E-state index in [0.717, 1.165) is 4.47 Å². The number of rotatable bonds is 3. The second-order valence-corrected chi connectivity index (χ2v) is 5.69. The first kappa shape index (κ1) is 14.5. The van der Waals surface area contributed by atoms with Gasteiger partial charge in [-0.1, -0.05) is 45.2 Å². The zero-order chi connectivity index (χ0) is 14.0. The number of halogens is 4. The molecule has 2 aromatic rings. The van der Waals surface area contributed by atoms with Crippen molar-refractivity contribution in [2.24, 2.45) is 0 Å². The quantitative estimate of drug-likeness (QED) is 0.676. The summed E-state index contributed by atoms with van der Waals surface area (Å²) in [5.74, 6) is -0.589. The smallest absolute Gasteiger partial charge is 0.168 e. The van der Waals surface area contributed by atoms with Crippen molar-refractivity contribution in [3.8, 4) is 0 Å². The zero-order valence-corrected chi connectivity index (χ0v) is 12.7. The summed E-state index contributed by atoms with van der Waals surface area (Å²) in [6.07, 6.45) is 0.0838. The first-order chi connectivity index (χ1) is 8.97. The van der Waals surface area contributed by atoms with Crippen LogP contribution in [0, 0.1) is 5.82 Å². The van der Waals surface area contributed by atoms with Gasteiger partial charge in [0.25, 0.3) is 0 Å². The molecule has 0 amide bonds. The largest absolute Gasteiger partial charge is 0.294 e. The van der Waals surface area contributed by atoms with Crippen molar-refractivity contribution in [2.75, 3.05) is 0 Å². The Kier molecular flexibility index (Phi) is 4.61. The highest BCUT2D eigenvalue weighted by Gasteiger charge is 2.13. The number of hydrogen-bond donors (Lipinski definition) is 0. The van der Waals surface area contributed by atoms with Crippen LogP contribution in [-0.4, -0.2) is 5.78 Å². The van der Waals surface area contributed by atoms with E-state index in [1.807, 2.05) is 0 Å². The summed E-state index contributed by atoms with van der Waals surface area (Å²) >= 11 is 15.2. The van der Waals surface area contributed by atoms with Gasteiger partial charge in [0.1, 0.15) is 5.82 Å². The predicted octanol–water partition coefficient (Wildman–Crippen LogP) is 5.32. The highest BCUT2D eigenvalue weighted by atomic mass is 79.9. The Hall–Kier alpha value is -0.900. The fourth-order valence-electron chi connectivity index (χ4n) is 1.65. The maximum Gasteiger partial charge on any atom is 0.168 e. The van der Waals surface area contributed by atoms with Crippen LogP contribution in [0.5, 0.6) is 0 Å². The van der Waals surface area contributed by atoms with Gasteiger partial charge in [-0.15, -0.1) is 0 Å². The second kappa shape index (κ2) is 6.04. The summed E-state index contributed by atoms with van der Waals surface area (Å²) in [7, 11) is 0. The van der Waals surface area contributed by atoms with E-state index in [9.17, 15) is 9.18 Å². The van der Waals surface area contributed by atoms with Gasteiger partial charge in [-0.2, -0.15) is 0 Å². The molecule has 98 valence electrons. The van der Waals surface area contributed by atoms with E-state index in [0.29, 0.717) is 16.1 Å². The molecular formula is C14H8BrCl2FO. The van der Waals surface area contributed by atoms with E-state index in [-0.39, 0.29) is 17.2 Å². The van der Waals surface area contributed by atoms with Crippen molar-refractivity contribution in [1.82, 2.24) is 0 Å². The van der Waals surface area contributed by atoms with Crippen molar-refractivity contribution in [1.29, 1.82) is 0 Å². The number of benzene rings is 2. The van der Waals surface area contributed by atoms with Gasteiger partial charge in [-0.05, 0) is 35.9 Å². The minimum absolute atomic E-state index is 0.0838. The van der Waals surface area contributed by atoms with Gasteiger partial charge >= 0.3 is 0 Å². The van der Waals surface area contributed by atoms with Crippen molar-refractivity contribution in [3.63, 3.8) is 0 Å². The Morgan fingerprint density at radius 1 is 1.11 bits per heavy atom. The Morgan fingerprint density at radius 3 is 2.47 bits per heavy atom. The van der Waals surface area contributed by atoms with Crippen molar-refractivity contribution >= 4 is 44.9 Å². The topological polar surface area (TPSA) is 17.1 Å². The maximum atomic E-state index is 12.9. The molecule has 0 heterocycles. The number of carbonyl (C=O) groups is 1. The molecule has 2 rings (SSSR count). The molecule has 0 atom stereocenters. The average molecular weight is 362 g/mol. The lowest BCUT2D eigenvalue weighted by atomic mass is 10.0. The molecule has 19 heavy (non-hydrogen) atoms. The van der Waals surface area contributed by atoms with Crippen molar-refractivity contribution < 1.29 is 9.18 Å². The van der Waals surface area contributed by atoms with Crippen LogP contribution in [0.1, 0.15) is 15.9 Å². The van der Waals surface area contributed by atoms with Gasteiger partial charge < -0.3 is 0 Å².